The maximum Gasteiger partial charge on any atom is 0.410 e. The highest BCUT2D eigenvalue weighted by Crippen LogP contribution is 2.39. The maximum atomic E-state index is 12.2. The van der Waals surface area contributed by atoms with E-state index < -0.39 is 10.0 Å². The molecule has 9 heteroatoms. The quantitative estimate of drug-likeness (QED) is 0.663. The second-order valence-corrected chi connectivity index (χ2v) is 11.0. The molecule has 0 bridgehead atoms. The fraction of sp³-hybridized carbons (Fsp3) is 0.636. The van der Waals surface area contributed by atoms with Crippen LogP contribution >= 0.6 is 0 Å². The molecule has 0 N–H and O–H groups in total. The third-order valence-electron chi connectivity index (χ3n) is 6.35. The van der Waals surface area contributed by atoms with Crippen molar-refractivity contribution in [2.24, 2.45) is 5.92 Å². The highest BCUT2D eigenvalue weighted by atomic mass is 32.2. The van der Waals surface area contributed by atoms with Crippen molar-refractivity contribution in [3.8, 4) is 5.75 Å². The van der Waals surface area contributed by atoms with Gasteiger partial charge in [0.2, 0.25) is 10.0 Å². The number of piperidine rings is 1. The van der Waals surface area contributed by atoms with E-state index in [1.807, 2.05) is 25.1 Å². The van der Waals surface area contributed by atoms with Crippen LogP contribution in [0.5, 0.6) is 5.75 Å². The Labute approximate surface area is 184 Å². The van der Waals surface area contributed by atoms with E-state index in [2.05, 4.69) is 4.98 Å². The third kappa shape index (κ3) is 5.77. The molecule has 1 aromatic rings. The van der Waals surface area contributed by atoms with E-state index in [0.717, 1.165) is 42.7 Å². The van der Waals surface area contributed by atoms with E-state index >= 15 is 0 Å². The summed E-state index contributed by atoms with van der Waals surface area (Å²) in [6.45, 7) is 4.88. The average Bonchev–Trinajstić information content (AvgIpc) is 3.49. The number of hydrogen-bond donors (Lipinski definition) is 0. The molecule has 170 valence electrons. The number of carbonyl (C=O) groups excluding carboxylic acids is 1. The normalized spacial score (nSPS) is 22.0. The number of nitrogens with zero attached hydrogens (tertiary/aromatic N) is 3. The van der Waals surface area contributed by atoms with Gasteiger partial charge in [-0.25, -0.2) is 13.2 Å². The number of sulfonamides is 1. The number of pyridine rings is 1. The first-order chi connectivity index (χ1) is 14.7. The molecule has 8 nitrogen and oxygen atoms in total. The van der Waals surface area contributed by atoms with E-state index in [1.165, 1.54) is 10.6 Å². The lowest BCUT2D eigenvalue weighted by Crippen LogP contribution is -2.41. The minimum absolute atomic E-state index is 0.184. The highest BCUT2D eigenvalue weighted by Gasteiger charge is 2.43. The van der Waals surface area contributed by atoms with Crippen LogP contribution in [0.25, 0.3) is 5.57 Å². The molecule has 4 rings (SSSR count). The van der Waals surface area contributed by atoms with Crippen LogP contribution in [-0.2, 0) is 14.8 Å². The molecule has 0 spiro atoms. The molecule has 0 aromatic carbocycles. The lowest BCUT2D eigenvalue weighted by atomic mass is 9.98. The predicted octanol–water partition coefficient (Wildman–Crippen LogP) is 2.91. The Morgan fingerprint density at radius 1 is 1.23 bits per heavy atom. The highest BCUT2D eigenvalue weighted by molar-refractivity contribution is 7.88. The number of hydrogen-bond acceptors (Lipinski definition) is 6. The Kier molecular flexibility index (Phi) is 6.25. The summed E-state index contributed by atoms with van der Waals surface area (Å²) in [6.07, 6.45) is 9.09. The molecular weight excluding hydrogens is 418 g/mol. The van der Waals surface area contributed by atoms with E-state index in [4.69, 9.17) is 9.47 Å². The van der Waals surface area contributed by atoms with Gasteiger partial charge in [0, 0.05) is 26.2 Å². The van der Waals surface area contributed by atoms with Crippen molar-refractivity contribution in [2.75, 3.05) is 39.0 Å². The van der Waals surface area contributed by atoms with Crippen LogP contribution in [0.2, 0.25) is 0 Å². The molecule has 1 amide bonds. The fourth-order valence-corrected chi connectivity index (χ4v) is 4.66. The van der Waals surface area contributed by atoms with Crippen molar-refractivity contribution in [3.05, 3.63) is 30.1 Å². The van der Waals surface area contributed by atoms with Crippen molar-refractivity contribution in [1.29, 1.82) is 0 Å². The lowest BCUT2D eigenvalue weighted by molar-refractivity contribution is 0.0456. The van der Waals surface area contributed by atoms with Crippen LogP contribution in [0.15, 0.2) is 24.4 Å². The van der Waals surface area contributed by atoms with Crippen molar-refractivity contribution in [2.45, 2.75) is 44.6 Å². The molecule has 1 aromatic heterocycles. The van der Waals surface area contributed by atoms with Gasteiger partial charge in [-0.2, -0.15) is 4.31 Å². The van der Waals surface area contributed by atoms with Gasteiger partial charge in [0.1, 0.15) is 11.4 Å². The summed E-state index contributed by atoms with van der Waals surface area (Å²) < 4.78 is 36.2. The largest absolute Gasteiger partial charge is 0.492 e. The molecule has 1 saturated carbocycles. The fourth-order valence-electron chi connectivity index (χ4n) is 3.89. The first-order valence-electron chi connectivity index (χ1n) is 10.9. The molecule has 2 fully saturated rings. The summed E-state index contributed by atoms with van der Waals surface area (Å²) in [7, 11) is -3.15. The first-order valence-corrected chi connectivity index (χ1v) is 12.8. The first kappa shape index (κ1) is 22.1. The van der Waals surface area contributed by atoms with E-state index in [-0.39, 0.29) is 11.7 Å². The van der Waals surface area contributed by atoms with Crippen LogP contribution in [0.1, 0.15) is 44.7 Å². The van der Waals surface area contributed by atoms with Crippen LogP contribution in [-0.4, -0.2) is 73.3 Å². The summed E-state index contributed by atoms with van der Waals surface area (Å²) >= 11 is 0. The minimum Gasteiger partial charge on any atom is -0.492 e. The standard InChI is InChI=1S/C22H31N3O5S/c1-22(9-10-22)30-21(26)24-11-5-17(6-12-24)16-29-19-3-4-20(23-15-19)18-7-13-25(14-8-18)31(2,27)28/h3-4,7,15,17H,5-6,8-14,16H2,1-2H3. The minimum atomic E-state index is -3.15. The zero-order valence-corrected chi connectivity index (χ0v) is 19.1. The molecule has 31 heavy (non-hydrogen) atoms. The van der Waals surface area contributed by atoms with E-state index in [9.17, 15) is 13.2 Å². The summed E-state index contributed by atoms with van der Waals surface area (Å²) in [5.41, 5.74) is 1.69. The molecular formula is C22H31N3O5S. The molecule has 1 aliphatic carbocycles. The smallest absolute Gasteiger partial charge is 0.410 e. The Morgan fingerprint density at radius 3 is 2.52 bits per heavy atom. The Hall–Kier alpha value is -2.13. The van der Waals surface area contributed by atoms with Crippen molar-refractivity contribution >= 4 is 21.7 Å². The molecule has 1 saturated heterocycles. The lowest BCUT2D eigenvalue weighted by Gasteiger charge is -2.32. The summed E-state index contributed by atoms with van der Waals surface area (Å²) in [5.74, 6) is 1.13. The van der Waals surface area contributed by atoms with E-state index in [1.54, 1.807) is 11.1 Å². The van der Waals surface area contributed by atoms with Gasteiger partial charge < -0.3 is 14.4 Å². The molecule has 0 atom stereocenters. The van der Waals surface area contributed by atoms with Gasteiger partial charge in [0.05, 0.1) is 24.8 Å². The summed E-state index contributed by atoms with van der Waals surface area (Å²) in [5, 5.41) is 0. The number of ether oxygens (including phenoxy) is 2. The van der Waals surface area contributed by atoms with Gasteiger partial charge in [-0.1, -0.05) is 6.08 Å². The van der Waals surface area contributed by atoms with Crippen molar-refractivity contribution < 1.29 is 22.7 Å². The monoisotopic (exact) mass is 449 g/mol. The molecule has 3 aliphatic rings. The van der Waals surface area contributed by atoms with Gasteiger partial charge in [-0.15, -0.1) is 0 Å². The van der Waals surface area contributed by atoms with Crippen LogP contribution in [0, 0.1) is 5.92 Å². The topological polar surface area (TPSA) is 89.0 Å². The van der Waals surface area contributed by atoms with Crippen LogP contribution < -0.4 is 4.74 Å². The maximum absolute atomic E-state index is 12.2. The summed E-state index contributed by atoms with van der Waals surface area (Å²) in [4.78, 5) is 18.5. The van der Waals surface area contributed by atoms with Crippen molar-refractivity contribution in [1.82, 2.24) is 14.2 Å². The SMILES string of the molecule is CC1(OC(=O)N2CCC(COc3ccc(C4=CCN(S(C)(=O)=O)CC4)nc3)CC2)CC1. The molecule has 0 radical (unpaired) electrons. The Bertz CT molecular complexity index is 932. The van der Waals surface area contributed by atoms with Crippen LogP contribution in [0.3, 0.4) is 0 Å². The van der Waals surface area contributed by atoms with Crippen molar-refractivity contribution in [3.63, 3.8) is 0 Å². The Morgan fingerprint density at radius 2 is 1.97 bits per heavy atom. The molecule has 3 heterocycles. The van der Waals surface area contributed by atoms with Gasteiger partial charge in [0.15, 0.2) is 0 Å². The molecule has 0 unspecified atom stereocenters. The zero-order chi connectivity index (χ0) is 22.1. The molecule has 2 aliphatic heterocycles. The predicted molar refractivity (Wildman–Crippen MR) is 117 cm³/mol. The van der Waals surface area contributed by atoms with Gasteiger partial charge in [0.25, 0.3) is 0 Å². The Balaban J connectivity index is 1.21. The van der Waals surface area contributed by atoms with Crippen LogP contribution in [0.4, 0.5) is 4.79 Å². The number of likely N-dealkylation sites (tertiary alicyclic amines) is 1. The van der Waals surface area contributed by atoms with Gasteiger partial charge >= 0.3 is 6.09 Å². The number of amides is 1. The van der Waals surface area contributed by atoms with E-state index in [0.29, 0.717) is 45.1 Å². The van der Waals surface area contributed by atoms with Gasteiger partial charge in [-0.3, -0.25) is 4.98 Å². The second kappa shape index (κ2) is 8.78. The number of carbonyl (C=O) groups is 1. The summed E-state index contributed by atoms with van der Waals surface area (Å²) in [6, 6.07) is 3.84. The van der Waals surface area contributed by atoms with Gasteiger partial charge in [-0.05, 0) is 62.7 Å². The second-order valence-electron chi connectivity index (χ2n) is 9.04. The third-order valence-corrected chi connectivity index (χ3v) is 7.62. The zero-order valence-electron chi connectivity index (χ0n) is 18.2. The average molecular weight is 450 g/mol. The number of rotatable bonds is 6. The number of aromatic nitrogens is 1.